The highest BCUT2D eigenvalue weighted by molar-refractivity contribution is 6.10. The molecule has 7 nitrogen and oxygen atoms in total. The smallest absolute Gasteiger partial charge is 0.280 e. The van der Waals surface area contributed by atoms with Crippen molar-refractivity contribution < 1.29 is 13.9 Å². The van der Waals surface area contributed by atoms with E-state index in [2.05, 4.69) is 21.6 Å². The lowest BCUT2D eigenvalue weighted by molar-refractivity contribution is 0.0277. The minimum Gasteiger partial charge on any atom is -0.371 e. The molecule has 8 heteroatoms. The van der Waals surface area contributed by atoms with Crippen LogP contribution >= 0.6 is 0 Å². The molecular formula is C21H18FN5O2. The van der Waals surface area contributed by atoms with Crippen LogP contribution in [-0.4, -0.2) is 35.8 Å². The number of ether oxygens (including phenoxy) is 1. The summed E-state index contributed by atoms with van der Waals surface area (Å²) in [6.45, 7) is 2.03. The van der Waals surface area contributed by atoms with Gasteiger partial charge in [0.25, 0.3) is 5.91 Å². The van der Waals surface area contributed by atoms with E-state index in [1.165, 1.54) is 35.4 Å². The molecule has 1 unspecified atom stereocenters. The molecule has 1 amide bonds. The fourth-order valence-electron chi connectivity index (χ4n) is 3.27. The van der Waals surface area contributed by atoms with E-state index >= 15 is 0 Å². The summed E-state index contributed by atoms with van der Waals surface area (Å²) in [5.41, 5.74) is 2.25. The monoisotopic (exact) mass is 391 g/mol. The molecule has 0 radical (unpaired) electrons. The van der Waals surface area contributed by atoms with Gasteiger partial charge in [-0.3, -0.25) is 14.8 Å². The zero-order valence-electron chi connectivity index (χ0n) is 15.4. The van der Waals surface area contributed by atoms with Crippen LogP contribution in [0.25, 0.3) is 0 Å². The summed E-state index contributed by atoms with van der Waals surface area (Å²) < 4.78 is 19.2. The Balaban J connectivity index is 1.78. The number of nitrogens with one attached hydrogen (secondary N) is 2. The average molecular weight is 391 g/mol. The molecule has 1 saturated heterocycles. The van der Waals surface area contributed by atoms with Gasteiger partial charge in [0, 0.05) is 25.0 Å². The first kappa shape index (κ1) is 18.8. The first-order valence-corrected chi connectivity index (χ1v) is 9.13. The number of hydrogen-bond acceptors (Lipinski definition) is 5. The summed E-state index contributed by atoms with van der Waals surface area (Å²) in [5.74, 6) is -0.825. The third kappa shape index (κ3) is 3.87. The number of carbonyl (C=O) groups excluding carboxylic acids is 1. The standard InChI is InChI=1S/C21H18FN5O2/c22-16-2-4-17(5-3-16)27(21(28)18-7-8-25-26-18)19-6-1-14(11-15(19)12-23)20-13-24-9-10-29-20/h1-8,11,20,24H,9-10,13H2,(H,25,26). The average Bonchev–Trinajstić information content (AvgIpc) is 3.31. The number of amides is 1. The Labute approximate surface area is 166 Å². The van der Waals surface area contributed by atoms with Gasteiger partial charge in [0.15, 0.2) is 0 Å². The molecule has 1 aliphatic heterocycles. The summed E-state index contributed by atoms with van der Waals surface area (Å²) in [6.07, 6.45) is 1.31. The highest BCUT2D eigenvalue weighted by atomic mass is 19.1. The van der Waals surface area contributed by atoms with E-state index in [-0.39, 0.29) is 11.8 Å². The molecule has 0 spiro atoms. The van der Waals surface area contributed by atoms with Crippen molar-refractivity contribution in [3.8, 4) is 6.07 Å². The molecule has 0 bridgehead atoms. The number of aromatic nitrogens is 2. The Hall–Kier alpha value is -3.54. The third-order valence-electron chi connectivity index (χ3n) is 4.70. The van der Waals surface area contributed by atoms with Crippen LogP contribution in [-0.2, 0) is 4.74 Å². The first-order chi connectivity index (χ1) is 14.2. The second-order valence-corrected chi connectivity index (χ2v) is 6.54. The molecule has 0 aliphatic carbocycles. The van der Waals surface area contributed by atoms with E-state index in [0.717, 1.165) is 12.1 Å². The summed E-state index contributed by atoms with van der Waals surface area (Å²) >= 11 is 0. The number of morpholine rings is 1. The van der Waals surface area contributed by atoms with E-state index in [0.29, 0.717) is 30.1 Å². The number of hydrogen-bond donors (Lipinski definition) is 2. The van der Waals surface area contributed by atoms with Crippen molar-refractivity contribution in [1.29, 1.82) is 5.26 Å². The van der Waals surface area contributed by atoms with Crippen LogP contribution < -0.4 is 10.2 Å². The maximum atomic E-state index is 13.4. The number of anilines is 2. The largest absolute Gasteiger partial charge is 0.371 e. The van der Waals surface area contributed by atoms with Gasteiger partial charge in [-0.1, -0.05) is 6.07 Å². The molecule has 1 atom stereocenters. The zero-order chi connectivity index (χ0) is 20.2. The third-order valence-corrected chi connectivity index (χ3v) is 4.70. The first-order valence-electron chi connectivity index (χ1n) is 9.13. The fraction of sp³-hybridized carbons (Fsp3) is 0.190. The molecule has 2 aromatic carbocycles. The number of halogens is 1. The van der Waals surface area contributed by atoms with E-state index in [4.69, 9.17) is 4.74 Å². The highest BCUT2D eigenvalue weighted by Crippen LogP contribution is 2.32. The van der Waals surface area contributed by atoms with Crippen LogP contribution in [0.4, 0.5) is 15.8 Å². The minimum atomic E-state index is -0.416. The lowest BCUT2D eigenvalue weighted by Crippen LogP contribution is -2.33. The predicted octanol–water partition coefficient (Wildman–Crippen LogP) is 3.06. The molecule has 3 aromatic rings. The Bertz CT molecular complexity index is 1040. The normalized spacial score (nSPS) is 16.2. The number of carbonyl (C=O) groups is 1. The number of rotatable bonds is 4. The second-order valence-electron chi connectivity index (χ2n) is 6.54. The molecule has 1 aliphatic rings. The van der Waals surface area contributed by atoms with E-state index in [1.807, 2.05) is 6.07 Å². The van der Waals surface area contributed by atoms with Gasteiger partial charge in [0.05, 0.1) is 24.0 Å². The van der Waals surface area contributed by atoms with Crippen LogP contribution in [0.15, 0.2) is 54.7 Å². The van der Waals surface area contributed by atoms with Crippen molar-refractivity contribution in [2.24, 2.45) is 0 Å². The van der Waals surface area contributed by atoms with E-state index in [1.54, 1.807) is 18.2 Å². The summed E-state index contributed by atoms with van der Waals surface area (Å²) in [6, 6.07) is 14.5. The lowest BCUT2D eigenvalue weighted by Gasteiger charge is -2.26. The van der Waals surface area contributed by atoms with Gasteiger partial charge >= 0.3 is 0 Å². The van der Waals surface area contributed by atoms with Gasteiger partial charge in [-0.05, 0) is 48.0 Å². The van der Waals surface area contributed by atoms with Gasteiger partial charge in [0.1, 0.15) is 17.6 Å². The van der Waals surface area contributed by atoms with Crippen LogP contribution in [0.5, 0.6) is 0 Å². The second kappa shape index (κ2) is 8.22. The SMILES string of the molecule is N#Cc1cc(C2CNCCO2)ccc1N(C(=O)c1ccn[nH]1)c1ccc(F)cc1. The number of aromatic amines is 1. The van der Waals surface area contributed by atoms with Crippen LogP contribution in [0.1, 0.15) is 27.7 Å². The predicted molar refractivity (Wildman–Crippen MR) is 104 cm³/mol. The van der Waals surface area contributed by atoms with Crippen molar-refractivity contribution in [2.45, 2.75) is 6.10 Å². The summed E-state index contributed by atoms with van der Waals surface area (Å²) in [4.78, 5) is 14.5. The number of nitriles is 1. The minimum absolute atomic E-state index is 0.160. The van der Waals surface area contributed by atoms with Crippen LogP contribution in [0, 0.1) is 17.1 Å². The van der Waals surface area contributed by atoms with Crippen molar-refractivity contribution in [2.75, 3.05) is 24.6 Å². The van der Waals surface area contributed by atoms with Crippen LogP contribution in [0.3, 0.4) is 0 Å². The van der Waals surface area contributed by atoms with Gasteiger partial charge in [-0.15, -0.1) is 0 Å². The molecule has 0 saturated carbocycles. The molecule has 1 fully saturated rings. The van der Waals surface area contributed by atoms with Crippen molar-refractivity contribution >= 4 is 17.3 Å². The molecule has 29 heavy (non-hydrogen) atoms. The van der Waals surface area contributed by atoms with Gasteiger partial charge in [-0.25, -0.2) is 4.39 Å². The highest BCUT2D eigenvalue weighted by Gasteiger charge is 2.25. The van der Waals surface area contributed by atoms with Crippen LogP contribution in [0.2, 0.25) is 0 Å². The van der Waals surface area contributed by atoms with Gasteiger partial charge in [-0.2, -0.15) is 10.4 Å². The molecule has 2 N–H and O–H groups in total. The Morgan fingerprint density at radius 1 is 1.24 bits per heavy atom. The molecule has 4 rings (SSSR count). The van der Waals surface area contributed by atoms with Gasteiger partial charge in [0.2, 0.25) is 0 Å². The Morgan fingerprint density at radius 2 is 2.07 bits per heavy atom. The van der Waals surface area contributed by atoms with E-state index < -0.39 is 11.7 Å². The molecule has 2 heterocycles. The van der Waals surface area contributed by atoms with Crippen molar-refractivity contribution in [3.05, 3.63) is 77.4 Å². The summed E-state index contributed by atoms with van der Waals surface area (Å²) in [7, 11) is 0. The van der Waals surface area contributed by atoms with E-state index in [9.17, 15) is 14.4 Å². The van der Waals surface area contributed by atoms with Gasteiger partial charge < -0.3 is 10.1 Å². The quantitative estimate of drug-likeness (QED) is 0.713. The lowest BCUT2D eigenvalue weighted by atomic mass is 10.0. The topological polar surface area (TPSA) is 94.0 Å². The Kier molecular flexibility index (Phi) is 5.33. The number of benzene rings is 2. The molecule has 1 aromatic heterocycles. The van der Waals surface area contributed by atoms with Crippen molar-refractivity contribution in [1.82, 2.24) is 15.5 Å². The molecule has 146 valence electrons. The Morgan fingerprint density at radius 3 is 2.72 bits per heavy atom. The fourth-order valence-corrected chi connectivity index (χ4v) is 3.27. The maximum absolute atomic E-state index is 13.4. The summed E-state index contributed by atoms with van der Waals surface area (Å²) in [5, 5.41) is 19.5. The zero-order valence-corrected chi connectivity index (χ0v) is 15.4. The number of nitrogens with zero attached hydrogens (tertiary/aromatic N) is 3. The number of H-pyrrole nitrogens is 1. The van der Waals surface area contributed by atoms with Crippen molar-refractivity contribution in [3.63, 3.8) is 0 Å². The maximum Gasteiger partial charge on any atom is 0.280 e. The molecular weight excluding hydrogens is 373 g/mol.